The van der Waals surface area contributed by atoms with Gasteiger partial charge in [-0.15, -0.1) is 5.10 Å². The van der Waals surface area contributed by atoms with Crippen LogP contribution in [0.5, 0.6) is 0 Å². The number of para-hydroxylation sites is 2. The summed E-state index contributed by atoms with van der Waals surface area (Å²) in [7, 11) is 0. The smallest absolute Gasteiger partial charge is 0.272 e. The first-order valence-corrected chi connectivity index (χ1v) is 12.4. The van der Waals surface area contributed by atoms with Gasteiger partial charge in [-0.3, -0.25) is 24.5 Å². The SMILES string of the molecule is Cc1cc([N+](=O)[O-])ccc1N1C(=O)[C@@H]2[C@H](C1=O)[C@@H]1C=Cc3ccccc3N1[C@@H]2C(=O)n1nnc2ccccc21. The number of nitro groups is 1. The van der Waals surface area contributed by atoms with Crippen LogP contribution in [0.4, 0.5) is 17.1 Å². The van der Waals surface area contributed by atoms with Gasteiger partial charge >= 0.3 is 0 Å². The van der Waals surface area contributed by atoms with Crippen molar-refractivity contribution in [1.82, 2.24) is 15.0 Å². The molecular weight excluding hydrogens is 500 g/mol. The molecule has 1 aromatic heterocycles. The molecule has 4 atom stereocenters. The van der Waals surface area contributed by atoms with Gasteiger partial charge in [-0.05, 0) is 42.3 Å². The van der Waals surface area contributed by atoms with Gasteiger partial charge in [0.25, 0.3) is 11.6 Å². The van der Waals surface area contributed by atoms with Crippen LogP contribution in [0, 0.1) is 28.9 Å². The molecule has 192 valence electrons. The largest absolute Gasteiger partial charge is 0.351 e. The van der Waals surface area contributed by atoms with Crippen molar-refractivity contribution in [2.24, 2.45) is 11.8 Å². The molecule has 2 amide bonds. The van der Waals surface area contributed by atoms with Crippen LogP contribution in [0.2, 0.25) is 0 Å². The molecule has 0 saturated carbocycles. The minimum atomic E-state index is -1.03. The number of fused-ring (bicyclic) bond motifs is 6. The summed E-state index contributed by atoms with van der Waals surface area (Å²) in [6, 6.07) is 17.0. The van der Waals surface area contributed by atoms with Crippen molar-refractivity contribution >= 4 is 51.9 Å². The summed E-state index contributed by atoms with van der Waals surface area (Å²) in [6.07, 6.45) is 3.77. The van der Waals surface area contributed by atoms with E-state index in [4.69, 9.17) is 0 Å². The van der Waals surface area contributed by atoms with Crippen molar-refractivity contribution < 1.29 is 19.3 Å². The average Bonchev–Trinajstić information content (AvgIpc) is 3.60. The van der Waals surface area contributed by atoms with Crippen molar-refractivity contribution in [3.8, 4) is 0 Å². The summed E-state index contributed by atoms with van der Waals surface area (Å²) in [4.78, 5) is 56.0. The zero-order chi connectivity index (χ0) is 27.0. The van der Waals surface area contributed by atoms with Crippen LogP contribution in [0.25, 0.3) is 17.1 Å². The Morgan fingerprint density at radius 1 is 0.949 bits per heavy atom. The van der Waals surface area contributed by atoms with E-state index in [9.17, 15) is 24.5 Å². The van der Waals surface area contributed by atoms with Gasteiger partial charge in [0.15, 0.2) is 0 Å². The highest BCUT2D eigenvalue weighted by Crippen LogP contribution is 2.50. The minimum absolute atomic E-state index is 0.139. The summed E-state index contributed by atoms with van der Waals surface area (Å²) in [5.41, 5.74) is 3.21. The second-order valence-electron chi connectivity index (χ2n) is 9.88. The maximum absolute atomic E-state index is 14.2. The van der Waals surface area contributed by atoms with Gasteiger partial charge in [0.05, 0.1) is 34.0 Å². The lowest BCUT2D eigenvalue weighted by atomic mass is 9.88. The number of imide groups is 1. The minimum Gasteiger partial charge on any atom is -0.351 e. The van der Waals surface area contributed by atoms with E-state index in [1.165, 1.54) is 22.9 Å². The van der Waals surface area contributed by atoms with Crippen LogP contribution in [-0.4, -0.2) is 49.7 Å². The molecule has 11 heteroatoms. The maximum atomic E-state index is 14.2. The molecule has 0 N–H and O–H groups in total. The number of anilines is 2. The maximum Gasteiger partial charge on any atom is 0.272 e. The number of non-ortho nitro benzene ring substituents is 1. The molecule has 0 bridgehead atoms. The van der Waals surface area contributed by atoms with Crippen molar-refractivity contribution in [3.63, 3.8) is 0 Å². The molecular formula is C28H20N6O5. The molecule has 0 spiro atoms. The van der Waals surface area contributed by atoms with Gasteiger partial charge in [-0.2, -0.15) is 4.68 Å². The number of nitrogens with zero attached hydrogens (tertiary/aromatic N) is 6. The van der Waals surface area contributed by atoms with Crippen LogP contribution in [0.3, 0.4) is 0 Å². The molecule has 2 saturated heterocycles. The first kappa shape index (κ1) is 23.0. The second kappa shape index (κ2) is 8.15. The molecule has 0 aliphatic carbocycles. The number of hydrogen-bond acceptors (Lipinski definition) is 8. The molecule has 4 heterocycles. The third-order valence-electron chi connectivity index (χ3n) is 7.86. The van der Waals surface area contributed by atoms with Crippen LogP contribution < -0.4 is 9.80 Å². The van der Waals surface area contributed by atoms with E-state index in [-0.39, 0.29) is 11.4 Å². The monoisotopic (exact) mass is 520 g/mol. The van der Waals surface area contributed by atoms with Crippen LogP contribution in [0.1, 0.15) is 15.9 Å². The summed E-state index contributed by atoms with van der Waals surface area (Å²) >= 11 is 0. The number of hydrogen-bond donors (Lipinski definition) is 0. The summed E-state index contributed by atoms with van der Waals surface area (Å²) < 4.78 is 1.21. The number of aryl methyl sites for hydroxylation is 1. The fraction of sp³-hybridized carbons (Fsp3) is 0.179. The van der Waals surface area contributed by atoms with Gasteiger partial charge in [0.2, 0.25) is 11.8 Å². The van der Waals surface area contributed by atoms with E-state index in [0.717, 1.165) is 16.2 Å². The summed E-state index contributed by atoms with van der Waals surface area (Å²) in [5, 5.41) is 19.5. The van der Waals surface area contributed by atoms with Crippen LogP contribution >= 0.6 is 0 Å². The Hall–Kier alpha value is -5.19. The molecule has 2 fully saturated rings. The molecule has 3 aromatic carbocycles. The van der Waals surface area contributed by atoms with Gasteiger partial charge < -0.3 is 4.90 Å². The number of carbonyl (C=O) groups excluding carboxylic acids is 3. The number of amides is 2. The number of carbonyl (C=O) groups is 3. The lowest BCUT2D eigenvalue weighted by molar-refractivity contribution is -0.384. The number of nitro benzene ring substituents is 1. The Bertz CT molecular complexity index is 1780. The summed E-state index contributed by atoms with van der Waals surface area (Å²) in [6.45, 7) is 1.62. The van der Waals surface area contributed by atoms with E-state index in [2.05, 4.69) is 10.3 Å². The van der Waals surface area contributed by atoms with Gasteiger partial charge in [-0.25, -0.2) is 4.90 Å². The van der Waals surface area contributed by atoms with E-state index >= 15 is 0 Å². The molecule has 3 aliphatic rings. The molecule has 7 rings (SSSR count). The van der Waals surface area contributed by atoms with Crippen molar-refractivity contribution in [3.05, 3.63) is 94.0 Å². The Balaban J connectivity index is 1.38. The Morgan fingerprint density at radius 2 is 1.69 bits per heavy atom. The highest BCUT2D eigenvalue weighted by atomic mass is 16.6. The van der Waals surface area contributed by atoms with Crippen molar-refractivity contribution in [2.75, 3.05) is 9.80 Å². The van der Waals surface area contributed by atoms with E-state index in [1.54, 1.807) is 31.2 Å². The zero-order valence-corrected chi connectivity index (χ0v) is 20.5. The Morgan fingerprint density at radius 3 is 2.49 bits per heavy atom. The quantitative estimate of drug-likeness (QED) is 0.228. The highest BCUT2D eigenvalue weighted by molar-refractivity contribution is 6.25. The molecule has 0 unspecified atom stereocenters. The standard InChI is InChI=1S/C28H20N6O5/c1-15-14-17(34(38)39)11-13-19(15)32-26(35)23-22-12-10-16-6-2-4-8-20(16)31(22)25(24(23)27(32)36)28(37)33-21-9-5-3-7-18(21)29-30-33/h2-14,22-25H,1H3/t22-,23+,24+,25-/m0/s1. The number of rotatable bonds is 3. The zero-order valence-electron chi connectivity index (χ0n) is 20.5. The predicted molar refractivity (Wildman–Crippen MR) is 141 cm³/mol. The van der Waals surface area contributed by atoms with Crippen molar-refractivity contribution in [1.29, 1.82) is 0 Å². The lowest BCUT2D eigenvalue weighted by Gasteiger charge is -2.36. The highest BCUT2D eigenvalue weighted by Gasteiger charge is 2.65. The summed E-state index contributed by atoms with van der Waals surface area (Å²) in [5.74, 6) is -3.26. The molecule has 3 aliphatic heterocycles. The van der Waals surface area contributed by atoms with Gasteiger partial charge in [-0.1, -0.05) is 47.7 Å². The van der Waals surface area contributed by atoms with Crippen LogP contribution in [-0.2, 0) is 9.59 Å². The third-order valence-corrected chi connectivity index (χ3v) is 7.86. The molecule has 4 aromatic rings. The first-order valence-electron chi connectivity index (χ1n) is 12.4. The van der Waals surface area contributed by atoms with Gasteiger partial charge in [0, 0.05) is 17.8 Å². The third kappa shape index (κ3) is 3.13. The lowest BCUT2D eigenvalue weighted by Crippen LogP contribution is -2.50. The van der Waals surface area contributed by atoms with Crippen molar-refractivity contribution in [2.45, 2.75) is 19.0 Å². The molecule has 0 radical (unpaired) electrons. The Kier molecular flexibility index (Phi) is 4.80. The fourth-order valence-electron chi connectivity index (χ4n) is 6.20. The second-order valence-corrected chi connectivity index (χ2v) is 9.88. The predicted octanol–water partition coefficient (Wildman–Crippen LogP) is 3.38. The fourth-order valence-corrected chi connectivity index (χ4v) is 6.20. The normalized spacial score (nSPS) is 23.2. The van der Waals surface area contributed by atoms with E-state index in [0.29, 0.717) is 16.6 Å². The van der Waals surface area contributed by atoms with E-state index in [1.807, 2.05) is 41.3 Å². The molecule has 39 heavy (non-hydrogen) atoms. The van der Waals surface area contributed by atoms with Crippen LogP contribution in [0.15, 0.2) is 72.8 Å². The Labute approximate surface area is 221 Å². The number of benzene rings is 3. The number of aromatic nitrogens is 3. The molecule has 11 nitrogen and oxygen atoms in total. The topological polar surface area (TPSA) is 132 Å². The van der Waals surface area contributed by atoms with Gasteiger partial charge in [0.1, 0.15) is 11.6 Å². The average molecular weight is 521 g/mol. The van der Waals surface area contributed by atoms with E-state index < -0.39 is 46.6 Å². The first-order chi connectivity index (χ1) is 18.9.